The molecule has 0 saturated carbocycles. The molecule has 2 aromatic rings. The van der Waals surface area contributed by atoms with Crippen LogP contribution in [0.2, 0.25) is 0 Å². The zero-order valence-corrected chi connectivity index (χ0v) is 14.9. The lowest BCUT2D eigenvalue weighted by Crippen LogP contribution is -2.39. The molecule has 2 aromatic carbocycles. The third-order valence-corrected chi connectivity index (χ3v) is 4.48. The van der Waals surface area contributed by atoms with Crippen molar-refractivity contribution >= 4 is 11.8 Å². The van der Waals surface area contributed by atoms with Gasteiger partial charge in [0.2, 0.25) is 5.91 Å². The van der Waals surface area contributed by atoms with E-state index in [4.69, 9.17) is 4.74 Å². The maximum Gasteiger partial charge on any atom is 0.419 e. The molecule has 0 bridgehead atoms. The number of nitrogens with one attached hydrogen (secondary N) is 1. The van der Waals surface area contributed by atoms with Crippen LogP contribution in [-0.4, -0.2) is 36.4 Å². The van der Waals surface area contributed by atoms with E-state index in [0.717, 1.165) is 11.6 Å². The molecule has 1 saturated heterocycles. The molecule has 0 unspecified atom stereocenters. The molecule has 5 nitrogen and oxygen atoms in total. The number of amides is 2. The Morgan fingerprint density at radius 1 is 1.11 bits per heavy atom. The first-order valence-corrected chi connectivity index (χ1v) is 8.76. The summed E-state index contributed by atoms with van der Waals surface area (Å²) in [4.78, 5) is 26.2. The van der Waals surface area contributed by atoms with E-state index >= 15 is 0 Å². The fourth-order valence-corrected chi connectivity index (χ4v) is 3.15. The lowest BCUT2D eigenvalue weighted by molar-refractivity contribution is -0.141. The maximum absolute atomic E-state index is 13.1. The van der Waals surface area contributed by atoms with Gasteiger partial charge in [0.25, 0.3) is 5.91 Å². The van der Waals surface area contributed by atoms with Crippen LogP contribution in [0.25, 0.3) is 0 Å². The van der Waals surface area contributed by atoms with Gasteiger partial charge in [0.15, 0.2) is 6.61 Å². The Morgan fingerprint density at radius 3 is 2.50 bits per heavy atom. The van der Waals surface area contributed by atoms with Crippen molar-refractivity contribution in [2.45, 2.75) is 18.6 Å². The molecule has 0 aliphatic carbocycles. The smallest absolute Gasteiger partial charge is 0.419 e. The Morgan fingerprint density at radius 2 is 1.79 bits per heavy atom. The molecular formula is C20H19F3N2O3. The molecular weight excluding hydrogens is 373 g/mol. The van der Waals surface area contributed by atoms with Crippen LogP contribution < -0.4 is 10.1 Å². The summed E-state index contributed by atoms with van der Waals surface area (Å²) in [5.41, 5.74) is -0.154. The van der Waals surface area contributed by atoms with Crippen molar-refractivity contribution in [1.82, 2.24) is 10.2 Å². The Hall–Kier alpha value is -3.03. The van der Waals surface area contributed by atoms with Gasteiger partial charge in [0.05, 0.1) is 18.0 Å². The number of alkyl halides is 3. The third-order valence-electron chi connectivity index (χ3n) is 4.48. The number of hydrogen-bond donors (Lipinski definition) is 1. The molecule has 0 aromatic heterocycles. The quantitative estimate of drug-likeness (QED) is 0.870. The lowest BCUT2D eigenvalue weighted by atomic mass is 10.0. The number of carbonyl (C=O) groups is 2. The fourth-order valence-electron chi connectivity index (χ4n) is 3.15. The van der Waals surface area contributed by atoms with Gasteiger partial charge in [-0.2, -0.15) is 13.2 Å². The van der Waals surface area contributed by atoms with E-state index in [0.29, 0.717) is 0 Å². The van der Waals surface area contributed by atoms with Crippen LogP contribution in [0.15, 0.2) is 54.6 Å². The van der Waals surface area contributed by atoms with Gasteiger partial charge in [0, 0.05) is 13.1 Å². The van der Waals surface area contributed by atoms with Crippen molar-refractivity contribution in [2.24, 2.45) is 0 Å². The molecule has 1 heterocycles. The van der Waals surface area contributed by atoms with Crippen molar-refractivity contribution in [3.63, 3.8) is 0 Å². The molecule has 148 valence electrons. The van der Waals surface area contributed by atoms with E-state index in [1.165, 1.54) is 23.1 Å². The molecule has 2 amide bonds. The minimum atomic E-state index is -4.58. The zero-order valence-electron chi connectivity index (χ0n) is 14.9. The summed E-state index contributed by atoms with van der Waals surface area (Å²) in [6.07, 6.45) is -4.50. The molecule has 1 aliphatic rings. The average molecular weight is 392 g/mol. The number of nitrogens with zero attached hydrogens (tertiary/aromatic N) is 1. The molecule has 8 heteroatoms. The molecule has 1 aliphatic heterocycles. The minimum absolute atomic E-state index is 0.0783. The number of para-hydroxylation sites is 1. The van der Waals surface area contributed by atoms with Crippen molar-refractivity contribution in [3.05, 3.63) is 65.7 Å². The normalized spacial score (nSPS) is 17.6. The van der Waals surface area contributed by atoms with Crippen molar-refractivity contribution < 1.29 is 27.5 Å². The van der Waals surface area contributed by atoms with Crippen molar-refractivity contribution in [3.8, 4) is 5.75 Å². The summed E-state index contributed by atoms with van der Waals surface area (Å²) < 4.78 is 44.5. The van der Waals surface area contributed by atoms with Gasteiger partial charge in [-0.05, 0) is 17.7 Å². The van der Waals surface area contributed by atoms with E-state index in [1.807, 2.05) is 18.2 Å². The highest BCUT2D eigenvalue weighted by molar-refractivity contribution is 5.82. The number of benzene rings is 2. The predicted octanol–water partition coefficient (Wildman–Crippen LogP) is 3.17. The first-order chi connectivity index (χ1) is 13.4. The molecule has 1 atom stereocenters. The summed E-state index contributed by atoms with van der Waals surface area (Å²) in [7, 11) is 0. The molecule has 1 N–H and O–H groups in total. The van der Waals surface area contributed by atoms with E-state index in [9.17, 15) is 22.8 Å². The van der Waals surface area contributed by atoms with Gasteiger partial charge in [-0.15, -0.1) is 0 Å². The van der Waals surface area contributed by atoms with Crippen LogP contribution in [0.4, 0.5) is 13.2 Å². The molecule has 1 fully saturated rings. The Bertz CT molecular complexity index is 840. The summed E-state index contributed by atoms with van der Waals surface area (Å²) in [5.74, 6) is -1.07. The van der Waals surface area contributed by atoms with Gasteiger partial charge >= 0.3 is 6.18 Å². The van der Waals surface area contributed by atoms with Crippen LogP contribution in [-0.2, 0) is 15.8 Å². The second-order valence-corrected chi connectivity index (χ2v) is 6.35. The molecule has 0 spiro atoms. The third kappa shape index (κ3) is 4.62. The number of ether oxygens (including phenoxy) is 1. The molecule has 28 heavy (non-hydrogen) atoms. The van der Waals surface area contributed by atoms with E-state index in [1.54, 1.807) is 12.1 Å². The predicted molar refractivity (Wildman–Crippen MR) is 95.5 cm³/mol. The van der Waals surface area contributed by atoms with Crippen molar-refractivity contribution in [1.29, 1.82) is 0 Å². The Balaban J connectivity index is 1.78. The highest BCUT2D eigenvalue weighted by Gasteiger charge is 2.35. The summed E-state index contributed by atoms with van der Waals surface area (Å²) >= 11 is 0. The van der Waals surface area contributed by atoms with Crippen molar-refractivity contribution in [2.75, 3.05) is 19.7 Å². The lowest BCUT2D eigenvalue weighted by Gasteiger charge is -2.29. The zero-order chi connectivity index (χ0) is 20.1. The number of hydrogen-bond acceptors (Lipinski definition) is 3. The number of rotatable bonds is 4. The van der Waals surface area contributed by atoms with Crippen LogP contribution in [0, 0.1) is 0 Å². The monoisotopic (exact) mass is 392 g/mol. The fraction of sp³-hybridized carbons (Fsp3) is 0.300. The number of halogens is 3. The summed E-state index contributed by atoms with van der Waals surface area (Å²) in [5, 5.41) is 2.71. The standard InChI is InChI=1S/C20H19F3N2O3/c21-20(22,23)15-8-4-5-9-17(15)28-13-19(27)25-11-10-24-18(26)12-16(25)14-6-2-1-3-7-14/h1-9,16H,10-13H2,(H,24,26)/t16-/m0/s1. The van der Waals surface area contributed by atoms with E-state index in [-0.39, 0.29) is 25.4 Å². The van der Waals surface area contributed by atoms with Crippen LogP contribution in [0.5, 0.6) is 5.75 Å². The Kier molecular flexibility index (Phi) is 5.87. The highest BCUT2D eigenvalue weighted by atomic mass is 19.4. The van der Waals surface area contributed by atoms with E-state index in [2.05, 4.69) is 5.32 Å². The summed E-state index contributed by atoms with van der Waals surface area (Å²) in [6.45, 7) is -0.0356. The van der Waals surface area contributed by atoms with Gasteiger partial charge in [-0.3, -0.25) is 9.59 Å². The molecule has 3 rings (SSSR count). The Labute approximate surface area is 160 Å². The van der Waals surface area contributed by atoms with Gasteiger partial charge in [-0.1, -0.05) is 42.5 Å². The molecule has 0 radical (unpaired) electrons. The second kappa shape index (κ2) is 8.33. The maximum atomic E-state index is 13.1. The van der Waals surface area contributed by atoms with E-state index < -0.39 is 36.0 Å². The topological polar surface area (TPSA) is 58.6 Å². The van der Waals surface area contributed by atoms with Crippen LogP contribution in [0.1, 0.15) is 23.6 Å². The number of carbonyl (C=O) groups excluding carboxylic acids is 2. The largest absolute Gasteiger partial charge is 0.483 e. The van der Waals surface area contributed by atoms with Gasteiger partial charge in [0.1, 0.15) is 5.75 Å². The highest BCUT2D eigenvalue weighted by Crippen LogP contribution is 2.36. The van der Waals surface area contributed by atoms with Gasteiger partial charge in [-0.25, -0.2) is 0 Å². The van der Waals surface area contributed by atoms with Crippen LogP contribution in [0.3, 0.4) is 0 Å². The van der Waals surface area contributed by atoms with Crippen LogP contribution >= 0.6 is 0 Å². The minimum Gasteiger partial charge on any atom is -0.483 e. The second-order valence-electron chi connectivity index (χ2n) is 6.35. The first-order valence-electron chi connectivity index (χ1n) is 8.76. The SMILES string of the molecule is O=C1C[C@@H](c2ccccc2)N(C(=O)COc2ccccc2C(F)(F)F)CCN1. The van der Waals surface area contributed by atoms with Gasteiger partial charge < -0.3 is 15.0 Å². The average Bonchev–Trinajstić information content (AvgIpc) is 2.88. The first kappa shape index (κ1) is 19.7. The summed E-state index contributed by atoms with van der Waals surface area (Å²) in [6, 6.07) is 13.3.